The molecule has 0 radical (unpaired) electrons. The van der Waals surface area contributed by atoms with Gasteiger partial charge in [0.2, 0.25) is 0 Å². The molecular formula is C15H12ClF3N2O4S. The number of nitro groups is 1. The lowest BCUT2D eigenvalue weighted by atomic mass is 10.2. The number of anilines is 1. The number of hydrogen-bond donors (Lipinski definition) is 0. The molecule has 6 nitrogen and oxygen atoms in total. The first-order valence-electron chi connectivity index (χ1n) is 6.96. The summed E-state index contributed by atoms with van der Waals surface area (Å²) in [5.74, 6) is 0. The Morgan fingerprint density at radius 2 is 1.77 bits per heavy atom. The van der Waals surface area contributed by atoms with E-state index in [2.05, 4.69) is 0 Å². The summed E-state index contributed by atoms with van der Waals surface area (Å²) in [7, 11) is -3.28. The van der Waals surface area contributed by atoms with E-state index in [1.165, 1.54) is 13.0 Å². The van der Waals surface area contributed by atoms with E-state index in [9.17, 15) is 31.7 Å². The van der Waals surface area contributed by atoms with Crippen LogP contribution in [0.4, 0.5) is 24.5 Å². The van der Waals surface area contributed by atoms with Crippen molar-refractivity contribution in [3.8, 4) is 0 Å². The molecule has 0 aliphatic carbocycles. The van der Waals surface area contributed by atoms with Crippen LogP contribution in [0.25, 0.3) is 0 Å². The highest BCUT2D eigenvalue weighted by atomic mass is 35.5. The molecule has 26 heavy (non-hydrogen) atoms. The molecule has 2 aromatic rings. The van der Waals surface area contributed by atoms with E-state index in [1.807, 2.05) is 0 Å². The molecular weight excluding hydrogens is 397 g/mol. The summed E-state index contributed by atoms with van der Waals surface area (Å²) in [6, 6.07) is 5.91. The fourth-order valence-electron chi connectivity index (χ4n) is 2.19. The van der Waals surface area contributed by atoms with Crippen molar-refractivity contribution in [1.82, 2.24) is 0 Å². The Kier molecular flexibility index (Phi) is 5.20. The van der Waals surface area contributed by atoms with E-state index < -0.39 is 37.4 Å². The molecule has 0 aliphatic heterocycles. The lowest BCUT2D eigenvalue weighted by Gasteiger charge is -2.22. The quantitative estimate of drug-likeness (QED) is 0.554. The Morgan fingerprint density at radius 1 is 1.15 bits per heavy atom. The van der Waals surface area contributed by atoms with Gasteiger partial charge in [-0.3, -0.25) is 14.4 Å². The minimum Gasteiger partial charge on any atom is -0.269 e. The first-order chi connectivity index (χ1) is 11.9. The number of rotatable bonds is 4. The van der Waals surface area contributed by atoms with Crippen LogP contribution < -0.4 is 4.31 Å². The molecule has 0 heterocycles. The molecule has 0 amide bonds. The smallest absolute Gasteiger partial charge is 0.269 e. The van der Waals surface area contributed by atoms with Crippen LogP contribution >= 0.6 is 11.6 Å². The number of halogens is 4. The van der Waals surface area contributed by atoms with Crippen molar-refractivity contribution in [3.63, 3.8) is 0 Å². The Morgan fingerprint density at radius 3 is 2.31 bits per heavy atom. The molecule has 11 heteroatoms. The minimum atomic E-state index is -4.76. The average Bonchev–Trinajstić information content (AvgIpc) is 2.53. The fraction of sp³-hybridized carbons (Fsp3) is 0.200. The number of alkyl halides is 3. The van der Waals surface area contributed by atoms with Crippen LogP contribution in [-0.2, 0) is 16.2 Å². The zero-order valence-electron chi connectivity index (χ0n) is 13.4. The van der Waals surface area contributed by atoms with Gasteiger partial charge < -0.3 is 0 Å². The predicted molar refractivity (Wildman–Crippen MR) is 89.9 cm³/mol. The molecule has 0 bridgehead atoms. The molecule has 2 aromatic carbocycles. The summed E-state index contributed by atoms with van der Waals surface area (Å²) >= 11 is 5.53. The van der Waals surface area contributed by atoms with Gasteiger partial charge in [0.15, 0.2) is 0 Å². The van der Waals surface area contributed by atoms with Crippen molar-refractivity contribution < 1.29 is 26.5 Å². The van der Waals surface area contributed by atoms with Gasteiger partial charge in [0, 0.05) is 19.2 Å². The zero-order valence-corrected chi connectivity index (χ0v) is 15.0. The van der Waals surface area contributed by atoms with Crippen molar-refractivity contribution in [2.75, 3.05) is 11.4 Å². The topological polar surface area (TPSA) is 80.5 Å². The van der Waals surface area contributed by atoms with Crippen molar-refractivity contribution in [2.24, 2.45) is 0 Å². The standard InChI is InChI=1S/C15H12ClF3N2O4S/c1-9-3-4-11(21(22)23)8-14(9)26(24,25)20(2)10-5-6-13(16)12(7-10)15(17,18)19/h3-8H,1-2H3. The predicted octanol–water partition coefficient (Wildman–Crippen LogP) is 4.40. The van der Waals surface area contributed by atoms with E-state index >= 15 is 0 Å². The molecule has 0 spiro atoms. The fourth-order valence-corrected chi connectivity index (χ4v) is 3.85. The lowest BCUT2D eigenvalue weighted by molar-refractivity contribution is -0.385. The van der Waals surface area contributed by atoms with Crippen LogP contribution in [0.5, 0.6) is 0 Å². The molecule has 0 saturated heterocycles. The zero-order chi connectivity index (χ0) is 19.9. The maximum atomic E-state index is 13.0. The summed E-state index contributed by atoms with van der Waals surface area (Å²) in [5.41, 5.74) is -1.70. The van der Waals surface area contributed by atoms with Crippen LogP contribution in [0.2, 0.25) is 5.02 Å². The number of non-ortho nitro benzene ring substituents is 1. The molecule has 0 fully saturated rings. The number of nitrogens with zero attached hydrogens (tertiary/aromatic N) is 2. The third-order valence-corrected chi connectivity index (χ3v) is 5.90. The molecule has 0 aliphatic rings. The van der Waals surface area contributed by atoms with Crippen LogP contribution in [0.1, 0.15) is 11.1 Å². The molecule has 2 rings (SSSR count). The Hall–Kier alpha value is -2.33. The van der Waals surface area contributed by atoms with E-state index in [1.54, 1.807) is 0 Å². The number of benzene rings is 2. The van der Waals surface area contributed by atoms with E-state index in [0.29, 0.717) is 10.4 Å². The van der Waals surface area contributed by atoms with Gasteiger partial charge in [0.25, 0.3) is 15.7 Å². The highest BCUT2D eigenvalue weighted by molar-refractivity contribution is 7.92. The Balaban J connectivity index is 2.58. The van der Waals surface area contributed by atoms with E-state index in [4.69, 9.17) is 11.6 Å². The Labute approximate surface area is 152 Å². The van der Waals surface area contributed by atoms with Crippen molar-refractivity contribution in [2.45, 2.75) is 18.0 Å². The highest BCUT2D eigenvalue weighted by Crippen LogP contribution is 2.38. The first kappa shape index (κ1) is 20.0. The van der Waals surface area contributed by atoms with Crippen LogP contribution in [-0.4, -0.2) is 20.4 Å². The first-order valence-corrected chi connectivity index (χ1v) is 8.78. The molecule has 140 valence electrons. The lowest BCUT2D eigenvalue weighted by Crippen LogP contribution is -2.27. The number of nitro benzene ring substituents is 1. The molecule has 0 atom stereocenters. The minimum absolute atomic E-state index is 0.215. The number of aryl methyl sites for hydroxylation is 1. The second kappa shape index (κ2) is 6.76. The third-order valence-electron chi connectivity index (χ3n) is 3.64. The van der Waals surface area contributed by atoms with Gasteiger partial charge in [-0.15, -0.1) is 0 Å². The summed E-state index contributed by atoms with van der Waals surface area (Å²) in [6.07, 6.45) is -4.76. The summed E-state index contributed by atoms with van der Waals surface area (Å²) in [4.78, 5) is 9.74. The molecule has 0 aromatic heterocycles. The van der Waals surface area contributed by atoms with E-state index in [0.717, 1.165) is 31.3 Å². The largest absolute Gasteiger partial charge is 0.417 e. The van der Waals surface area contributed by atoms with Gasteiger partial charge in [-0.05, 0) is 30.7 Å². The van der Waals surface area contributed by atoms with Crippen LogP contribution in [0.15, 0.2) is 41.3 Å². The average molecular weight is 409 g/mol. The monoisotopic (exact) mass is 408 g/mol. The Bertz CT molecular complexity index is 977. The van der Waals surface area contributed by atoms with Crippen molar-refractivity contribution in [1.29, 1.82) is 0 Å². The normalized spacial score (nSPS) is 12.1. The van der Waals surface area contributed by atoms with Gasteiger partial charge in [0.1, 0.15) is 0 Å². The van der Waals surface area contributed by atoms with Crippen molar-refractivity contribution in [3.05, 3.63) is 62.7 Å². The number of sulfonamides is 1. The highest BCUT2D eigenvalue weighted by Gasteiger charge is 2.34. The van der Waals surface area contributed by atoms with Gasteiger partial charge in [-0.1, -0.05) is 17.7 Å². The van der Waals surface area contributed by atoms with Gasteiger partial charge in [-0.25, -0.2) is 8.42 Å². The van der Waals surface area contributed by atoms with Gasteiger partial charge in [0.05, 0.1) is 26.1 Å². The second-order valence-corrected chi connectivity index (χ2v) is 7.69. The van der Waals surface area contributed by atoms with Gasteiger partial charge >= 0.3 is 6.18 Å². The maximum Gasteiger partial charge on any atom is 0.417 e. The van der Waals surface area contributed by atoms with Gasteiger partial charge in [-0.2, -0.15) is 13.2 Å². The molecule has 0 saturated carbocycles. The SMILES string of the molecule is Cc1ccc([N+](=O)[O-])cc1S(=O)(=O)N(C)c1ccc(Cl)c(C(F)(F)F)c1. The molecule has 0 N–H and O–H groups in total. The van der Waals surface area contributed by atoms with Crippen LogP contribution in [0, 0.1) is 17.0 Å². The van der Waals surface area contributed by atoms with Crippen LogP contribution in [0.3, 0.4) is 0 Å². The maximum absolute atomic E-state index is 13.0. The van der Waals surface area contributed by atoms with E-state index in [-0.39, 0.29) is 16.1 Å². The molecule has 0 unspecified atom stereocenters. The summed E-state index contributed by atoms with van der Waals surface area (Å²) in [6.45, 7) is 1.42. The summed E-state index contributed by atoms with van der Waals surface area (Å²) in [5, 5.41) is 10.3. The third kappa shape index (κ3) is 3.75. The van der Waals surface area contributed by atoms with Crippen molar-refractivity contribution >= 4 is 33.0 Å². The number of hydrogen-bond acceptors (Lipinski definition) is 4. The second-order valence-electron chi connectivity index (χ2n) is 5.34. The summed E-state index contributed by atoms with van der Waals surface area (Å²) < 4.78 is 65.1.